The molecule has 1 aromatic carbocycles. The number of halogens is 2. The summed E-state index contributed by atoms with van der Waals surface area (Å²) in [4.78, 5) is 8.31. The molecule has 0 bridgehead atoms. The van der Waals surface area contributed by atoms with Crippen molar-refractivity contribution in [3.8, 4) is 0 Å². The highest BCUT2D eigenvalue weighted by atomic mass is 35.5. The third-order valence-corrected chi connectivity index (χ3v) is 3.33. The molecular weight excluding hydrogens is 247 g/mol. The predicted molar refractivity (Wildman–Crippen MR) is 64.1 cm³/mol. The molecule has 0 atom stereocenters. The van der Waals surface area contributed by atoms with Gasteiger partial charge in [-0.1, -0.05) is 0 Å². The second-order valence-electron chi connectivity index (χ2n) is 3.23. The van der Waals surface area contributed by atoms with Crippen LogP contribution in [-0.2, 0) is 11.6 Å². The maximum absolute atomic E-state index is 12.7. The SMILES string of the molecule is Fc1ccc(SCc2ncc(CCl)[nH]2)cc1. The average molecular weight is 257 g/mol. The van der Waals surface area contributed by atoms with Crippen LogP contribution in [-0.4, -0.2) is 9.97 Å². The third kappa shape index (κ3) is 3.00. The number of nitrogens with one attached hydrogen (secondary N) is 1. The number of aromatic amines is 1. The van der Waals surface area contributed by atoms with Crippen molar-refractivity contribution < 1.29 is 4.39 Å². The van der Waals surface area contributed by atoms with Gasteiger partial charge in [0.05, 0.1) is 11.6 Å². The van der Waals surface area contributed by atoms with Crippen LogP contribution < -0.4 is 0 Å². The topological polar surface area (TPSA) is 28.7 Å². The number of thioether (sulfide) groups is 1. The van der Waals surface area contributed by atoms with Crippen molar-refractivity contribution in [1.82, 2.24) is 9.97 Å². The van der Waals surface area contributed by atoms with E-state index in [2.05, 4.69) is 9.97 Å². The summed E-state index contributed by atoms with van der Waals surface area (Å²) in [7, 11) is 0. The number of aromatic nitrogens is 2. The fourth-order valence-corrected chi connectivity index (χ4v) is 2.14. The normalized spacial score (nSPS) is 10.6. The Kier molecular flexibility index (Phi) is 3.85. The van der Waals surface area contributed by atoms with Gasteiger partial charge >= 0.3 is 0 Å². The van der Waals surface area contributed by atoms with Crippen LogP contribution in [0.15, 0.2) is 35.4 Å². The molecule has 2 nitrogen and oxygen atoms in total. The molecule has 2 rings (SSSR count). The second-order valence-corrected chi connectivity index (χ2v) is 4.55. The molecule has 16 heavy (non-hydrogen) atoms. The van der Waals surface area contributed by atoms with Crippen molar-refractivity contribution in [2.45, 2.75) is 16.5 Å². The molecule has 1 heterocycles. The molecule has 0 saturated heterocycles. The van der Waals surface area contributed by atoms with Gasteiger partial charge in [-0.25, -0.2) is 9.37 Å². The van der Waals surface area contributed by atoms with E-state index in [4.69, 9.17) is 11.6 Å². The van der Waals surface area contributed by atoms with Crippen LogP contribution in [0.5, 0.6) is 0 Å². The van der Waals surface area contributed by atoms with Crippen LogP contribution in [0.25, 0.3) is 0 Å². The Hall–Kier alpha value is -1.00. The highest BCUT2D eigenvalue weighted by Crippen LogP contribution is 2.21. The maximum Gasteiger partial charge on any atom is 0.123 e. The lowest BCUT2D eigenvalue weighted by atomic mass is 10.4. The molecule has 1 N–H and O–H groups in total. The molecular formula is C11H10ClFN2S. The molecule has 0 fully saturated rings. The van der Waals surface area contributed by atoms with Crippen molar-refractivity contribution in [2.24, 2.45) is 0 Å². The summed E-state index contributed by atoms with van der Waals surface area (Å²) in [6.45, 7) is 0. The van der Waals surface area contributed by atoms with Crippen LogP contribution in [0.4, 0.5) is 4.39 Å². The van der Waals surface area contributed by atoms with E-state index in [1.54, 1.807) is 30.1 Å². The molecule has 0 aliphatic heterocycles. The first-order chi connectivity index (χ1) is 7.78. The lowest BCUT2D eigenvalue weighted by Gasteiger charge is -1.98. The van der Waals surface area contributed by atoms with Crippen molar-refractivity contribution in [3.63, 3.8) is 0 Å². The van der Waals surface area contributed by atoms with E-state index in [9.17, 15) is 4.39 Å². The zero-order valence-corrected chi connectivity index (χ0v) is 9.98. The Balaban J connectivity index is 1.94. The first-order valence-electron chi connectivity index (χ1n) is 4.75. The summed E-state index contributed by atoms with van der Waals surface area (Å²) >= 11 is 7.26. The van der Waals surface area contributed by atoms with Crippen LogP contribution in [0, 0.1) is 5.82 Å². The summed E-state index contributed by atoms with van der Waals surface area (Å²) in [5.74, 6) is 1.83. The fourth-order valence-electron chi connectivity index (χ4n) is 1.23. The number of hydrogen-bond donors (Lipinski definition) is 1. The van der Waals surface area contributed by atoms with Crippen LogP contribution in [0.3, 0.4) is 0 Å². The van der Waals surface area contributed by atoms with Crippen LogP contribution in [0.1, 0.15) is 11.5 Å². The smallest absolute Gasteiger partial charge is 0.123 e. The first-order valence-corrected chi connectivity index (χ1v) is 6.27. The minimum absolute atomic E-state index is 0.216. The van der Waals surface area contributed by atoms with Gasteiger partial charge < -0.3 is 4.98 Å². The average Bonchev–Trinajstić information content (AvgIpc) is 2.76. The van der Waals surface area contributed by atoms with Crippen molar-refractivity contribution in [1.29, 1.82) is 0 Å². The molecule has 0 aliphatic carbocycles. The highest BCUT2D eigenvalue weighted by Gasteiger charge is 2.01. The number of nitrogens with zero attached hydrogens (tertiary/aromatic N) is 1. The zero-order valence-electron chi connectivity index (χ0n) is 8.41. The molecule has 0 aliphatic rings. The number of imidazole rings is 1. The van der Waals surface area contributed by atoms with E-state index in [0.29, 0.717) is 5.88 Å². The van der Waals surface area contributed by atoms with Gasteiger partial charge in [-0.05, 0) is 24.3 Å². The number of benzene rings is 1. The molecule has 1 aromatic heterocycles. The Morgan fingerprint density at radius 3 is 2.69 bits per heavy atom. The van der Waals surface area contributed by atoms with Crippen LogP contribution in [0.2, 0.25) is 0 Å². The second kappa shape index (κ2) is 5.37. The number of rotatable bonds is 4. The summed E-state index contributed by atoms with van der Waals surface area (Å²) < 4.78 is 12.7. The van der Waals surface area contributed by atoms with E-state index in [1.807, 2.05) is 0 Å². The number of alkyl halides is 1. The molecule has 0 amide bonds. The monoisotopic (exact) mass is 256 g/mol. The zero-order chi connectivity index (χ0) is 11.4. The predicted octanol–water partition coefficient (Wildman–Crippen LogP) is 3.58. The van der Waals surface area contributed by atoms with Gasteiger partial charge in [-0.3, -0.25) is 0 Å². The molecule has 84 valence electrons. The lowest BCUT2D eigenvalue weighted by molar-refractivity contribution is 0.626. The van der Waals surface area contributed by atoms with E-state index in [-0.39, 0.29) is 5.82 Å². The molecule has 2 aromatic rings. The lowest BCUT2D eigenvalue weighted by Crippen LogP contribution is -1.84. The maximum atomic E-state index is 12.7. The molecule has 0 unspecified atom stereocenters. The standard InChI is InChI=1S/C11H10ClFN2S/c12-5-9-6-14-11(15-9)7-16-10-3-1-8(13)2-4-10/h1-4,6H,5,7H2,(H,14,15). The largest absolute Gasteiger partial charge is 0.344 e. The number of H-pyrrole nitrogens is 1. The first kappa shape index (κ1) is 11.5. The van der Waals surface area contributed by atoms with Crippen molar-refractivity contribution >= 4 is 23.4 Å². The quantitative estimate of drug-likeness (QED) is 0.669. The highest BCUT2D eigenvalue weighted by molar-refractivity contribution is 7.98. The minimum atomic E-state index is -0.216. The Morgan fingerprint density at radius 2 is 2.06 bits per heavy atom. The molecule has 0 radical (unpaired) electrons. The van der Waals surface area contributed by atoms with Gasteiger partial charge in [-0.15, -0.1) is 23.4 Å². The summed E-state index contributed by atoms with van der Waals surface area (Å²) in [6, 6.07) is 6.42. The Morgan fingerprint density at radius 1 is 1.31 bits per heavy atom. The van der Waals surface area contributed by atoms with E-state index < -0.39 is 0 Å². The van der Waals surface area contributed by atoms with Crippen molar-refractivity contribution in [2.75, 3.05) is 0 Å². The van der Waals surface area contributed by atoms with Crippen molar-refractivity contribution in [3.05, 3.63) is 47.8 Å². The minimum Gasteiger partial charge on any atom is -0.344 e. The molecule has 0 saturated carbocycles. The summed E-state index contributed by atoms with van der Waals surface area (Å²) in [5, 5.41) is 0. The van der Waals surface area contributed by atoms with Gasteiger partial charge in [-0.2, -0.15) is 0 Å². The summed E-state index contributed by atoms with van der Waals surface area (Å²) in [6.07, 6.45) is 1.73. The van der Waals surface area contributed by atoms with Gasteiger partial charge in [0.1, 0.15) is 11.6 Å². The third-order valence-electron chi connectivity index (χ3n) is 2.01. The fraction of sp³-hybridized carbons (Fsp3) is 0.182. The van der Waals surface area contributed by atoms with Gasteiger partial charge in [0.15, 0.2) is 0 Å². The van der Waals surface area contributed by atoms with Gasteiger partial charge in [0.2, 0.25) is 0 Å². The Bertz CT molecular complexity index is 455. The van der Waals surface area contributed by atoms with E-state index >= 15 is 0 Å². The molecule has 0 spiro atoms. The summed E-state index contributed by atoms with van der Waals surface area (Å²) in [5.41, 5.74) is 0.913. The van der Waals surface area contributed by atoms with E-state index in [1.165, 1.54) is 12.1 Å². The van der Waals surface area contributed by atoms with Gasteiger partial charge in [0.25, 0.3) is 0 Å². The molecule has 5 heteroatoms. The van der Waals surface area contributed by atoms with Gasteiger partial charge in [0, 0.05) is 16.8 Å². The van der Waals surface area contributed by atoms with E-state index in [0.717, 1.165) is 22.2 Å². The van der Waals surface area contributed by atoms with Crippen LogP contribution >= 0.6 is 23.4 Å². The Labute approximate surface area is 102 Å². The number of hydrogen-bond acceptors (Lipinski definition) is 2.